The lowest BCUT2D eigenvalue weighted by Crippen LogP contribution is -3.12. The molecule has 1 heterocycles. The van der Waals surface area contributed by atoms with Gasteiger partial charge < -0.3 is 19.6 Å². The van der Waals surface area contributed by atoms with Crippen LogP contribution in [0.4, 0.5) is 4.39 Å². The van der Waals surface area contributed by atoms with Gasteiger partial charge in [0.2, 0.25) is 0 Å². The van der Waals surface area contributed by atoms with Crippen LogP contribution in [0.5, 0.6) is 5.75 Å². The Bertz CT molecular complexity index is 983. The second kappa shape index (κ2) is 9.75. The van der Waals surface area contributed by atoms with Crippen molar-refractivity contribution in [1.29, 1.82) is 0 Å². The maximum Gasteiger partial charge on any atom is 0.295 e. The van der Waals surface area contributed by atoms with Crippen molar-refractivity contribution in [3.8, 4) is 5.75 Å². The Hall–Kier alpha value is -3.19. The van der Waals surface area contributed by atoms with Crippen LogP contribution in [0, 0.1) is 5.82 Å². The molecule has 2 aromatic rings. The number of hydrogen-bond donors (Lipinski definition) is 2. The van der Waals surface area contributed by atoms with E-state index in [0.29, 0.717) is 24.4 Å². The van der Waals surface area contributed by atoms with E-state index in [-0.39, 0.29) is 16.9 Å². The number of quaternary nitrogens is 1. The highest BCUT2D eigenvalue weighted by Gasteiger charge is 2.46. The van der Waals surface area contributed by atoms with Crippen LogP contribution in [0.3, 0.4) is 0 Å². The largest absolute Gasteiger partial charge is 0.507 e. The number of carbonyl (C=O) groups is 2. The molecule has 164 valence electrons. The number of halogens is 1. The van der Waals surface area contributed by atoms with Crippen molar-refractivity contribution < 1.29 is 28.7 Å². The first-order valence-corrected chi connectivity index (χ1v) is 10.4. The van der Waals surface area contributed by atoms with E-state index in [1.54, 1.807) is 24.3 Å². The standard InChI is InChI=1S/C24H27FN2O4/c1-4-26(5-2)13-14-27-21(17-7-6-8-19(15-17)31-3)20(23(29)24(27)30)22(28)16-9-11-18(25)12-10-16/h6-12,15,21,28H,4-5,13-14H2,1-3H3/p+1/t21-/m1/s1. The van der Waals surface area contributed by atoms with Crippen molar-refractivity contribution in [3.63, 3.8) is 0 Å². The molecule has 0 radical (unpaired) electrons. The van der Waals surface area contributed by atoms with E-state index in [9.17, 15) is 19.1 Å². The number of ketones is 1. The van der Waals surface area contributed by atoms with Crippen LogP contribution in [-0.4, -0.2) is 55.0 Å². The quantitative estimate of drug-likeness (QED) is 0.385. The fraction of sp³-hybridized carbons (Fsp3) is 0.333. The van der Waals surface area contributed by atoms with Crippen molar-refractivity contribution in [1.82, 2.24) is 4.90 Å². The van der Waals surface area contributed by atoms with Crippen molar-refractivity contribution in [2.24, 2.45) is 0 Å². The lowest BCUT2D eigenvalue weighted by atomic mass is 9.95. The van der Waals surface area contributed by atoms with Gasteiger partial charge in [-0.2, -0.15) is 0 Å². The van der Waals surface area contributed by atoms with Gasteiger partial charge in [-0.15, -0.1) is 0 Å². The third-order valence-electron chi connectivity index (χ3n) is 5.77. The van der Waals surface area contributed by atoms with E-state index < -0.39 is 23.5 Å². The fourth-order valence-corrected chi connectivity index (χ4v) is 3.91. The van der Waals surface area contributed by atoms with Gasteiger partial charge >= 0.3 is 0 Å². The van der Waals surface area contributed by atoms with Crippen molar-refractivity contribution in [2.75, 3.05) is 33.3 Å². The summed E-state index contributed by atoms with van der Waals surface area (Å²) in [6.07, 6.45) is 0. The summed E-state index contributed by atoms with van der Waals surface area (Å²) in [7, 11) is 1.54. The SMILES string of the molecule is CC[NH+](CC)CCN1C(=O)C(=O)C(=C(O)c2ccc(F)cc2)[C@H]1c1cccc(OC)c1. The summed E-state index contributed by atoms with van der Waals surface area (Å²) in [5.41, 5.74) is 0.942. The number of likely N-dealkylation sites (tertiary alicyclic amines) is 1. The molecule has 0 spiro atoms. The number of nitrogens with zero attached hydrogens (tertiary/aromatic N) is 1. The first-order chi connectivity index (χ1) is 14.9. The lowest BCUT2D eigenvalue weighted by molar-refractivity contribution is -0.895. The number of aliphatic hydroxyl groups is 1. The van der Waals surface area contributed by atoms with E-state index in [1.807, 2.05) is 0 Å². The molecule has 2 N–H and O–H groups in total. The number of amides is 1. The summed E-state index contributed by atoms with van der Waals surface area (Å²) in [6, 6.07) is 11.5. The highest BCUT2D eigenvalue weighted by molar-refractivity contribution is 6.46. The van der Waals surface area contributed by atoms with Crippen LogP contribution in [0.15, 0.2) is 54.1 Å². The monoisotopic (exact) mass is 427 g/mol. The van der Waals surface area contributed by atoms with E-state index in [1.165, 1.54) is 41.2 Å². The zero-order valence-corrected chi connectivity index (χ0v) is 18.0. The zero-order valence-electron chi connectivity index (χ0n) is 18.0. The summed E-state index contributed by atoms with van der Waals surface area (Å²) in [5.74, 6) is -1.58. The smallest absolute Gasteiger partial charge is 0.295 e. The van der Waals surface area contributed by atoms with Crippen LogP contribution in [0.2, 0.25) is 0 Å². The molecule has 1 fully saturated rings. The van der Waals surface area contributed by atoms with E-state index in [0.717, 1.165) is 13.1 Å². The second-order valence-corrected chi connectivity index (χ2v) is 7.48. The number of ether oxygens (including phenoxy) is 1. The summed E-state index contributed by atoms with van der Waals surface area (Å²) >= 11 is 0. The maximum atomic E-state index is 13.4. The molecule has 0 aliphatic carbocycles. The molecule has 1 atom stereocenters. The third kappa shape index (κ3) is 4.61. The number of rotatable bonds is 8. The number of carbonyl (C=O) groups excluding carboxylic acids is 2. The normalized spacial score (nSPS) is 18.1. The van der Waals surface area contributed by atoms with Gasteiger partial charge in [0.15, 0.2) is 0 Å². The van der Waals surface area contributed by atoms with Gasteiger partial charge in [0.05, 0.1) is 44.9 Å². The average molecular weight is 427 g/mol. The van der Waals surface area contributed by atoms with E-state index in [2.05, 4.69) is 13.8 Å². The molecule has 1 aliphatic heterocycles. The molecular formula is C24H28FN2O4+. The van der Waals surface area contributed by atoms with Crippen molar-refractivity contribution in [2.45, 2.75) is 19.9 Å². The van der Waals surface area contributed by atoms with Crippen molar-refractivity contribution >= 4 is 17.4 Å². The average Bonchev–Trinajstić information content (AvgIpc) is 3.04. The van der Waals surface area contributed by atoms with E-state index >= 15 is 0 Å². The topological polar surface area (TPSA) is 71.3 Å². The van der Waals surface area contributed by atoms with Crippen molar-refractivity contribution in [3.05, 3.63) is 71.0 Å². The van der Waals surface area contributed by atoms with Crippen LogP contribution in [0.1, 0.15) is 31.0 Å². The minimum Gasteiger partial charge on any atom is -0.507 e. The van der Waals surface area contributed by atoms with Crippen LogP contribution < -0.4 is 9.64 Å². The first-order valence-electron chi connectivity index (χ1n) is 10.4. The van der Waals surface area contributed by atoms with Gasteiger partial charge in [-0.3, -0.25) is 9.59 Å². The molecule has 1 saturated heterocycles. The second-order valence-electron chi connectivity index (χ2n) is 7.48. The summed E-state index contributed by atoms with van der Waals surface area (Å²) in [4.78, 5) is 28.8. The number of benzene rings is 2. The number of hydrogen-bond acceptors (Lipinski definition) is 4. The summed E-state index contributed by atoms with van der Waals surface area (Å²) in [6.45, 7) is 6.99. The summed E-state index contributed by atoms with van der Waals surface area (Å²) < 4.78 is 18.7. The minimum atomic E-state index is -0.755. The number of likely N-dealkylation sites (N-methyl/N-ethyl adjacent to an activating group) is 1. The Morgan fingerprint density at radius 3 is 2.42 bits per heavy atom. The first kappa shape index (κ1) is 22.5. The third-order valence-corrected chi connectivity index (χ3v) is 5.77. The Kier molecular flexibility index (Phi) is 7.07. The van der Waals surface area contributed by atoms with Crippen LogP contribution >= 0.6 is 0 Å². The summed E-state index contributed by atoms with van der Waals surface area (Å²) in [5, 5.41) is 11.0. The van der Waals surface area contributed by atoms with Gasteiger partial charge in [0, 0.05) is 5.56 Å². The Morgan fingerprint density at radius 2 is 1.81 bits per heavy atom. The number of Topliss-reactive ketones (excluding diaryl/α,β-unsaturated/α-hetero) is 1. The van der Waals surface area contributed by atoms with Crippen LogP contribution in [0.25, 0.3) is 5.76 Å². The maximum absolute atomic E-state index is 13.4. The highest BCUT2D eigenvalue weighted by Crippen LogP contribution is 2.39. The number of aliphatic hydroxyl groups excluding tert-OH is 1. The number of nitrogens with one attached hydrogen (secondary N) is 1. The predicted octanol–water partition coefficient (Wildman–Crippen LogP) is 2.18. The molecule has 3 rings (SSSR count). The molecule has 7 heteroatoms. The molecule has 6 nitrogen and oxygen atoms in total. The Balaban J connectivity index is 2.11. The highest BCUT2D eigenvalue weighted by atomic mass is 19.1. The lowest BCUT2D eigenvalue weighted by Gasteiger charge is -2.27. The molecule has 1 aliphatic rings. The molecule has 0 bridgehead atoms. The zero-order chi connectivity index (χ0) is 22.5. The number of methoxy groups -OCH3 is 1. The fourth-order valence-electron chi connectivity index (χ4n) is 3.91. The van der Waals surface area contributed by atoms with E-state index in [4.69, 9.17) is 4.74 Å². The molecule has 2 aromatic carbocycles. The van der Waals surface area contributed by atoms with Gasteiger partial charge in [-0.05, 0) is 55.8 Å². The molecule has 31 heavy (non-hydrogen) atoms. The molecular weight excluding hydrogens is 399 g/mol. The Labute approximate surface area is 181 Å². The predicted molar refractivity (Wildman–Crippen MR) is 115 cm³/mol. The van der Waals surface area contributed by atoms with Gasteiger partial charge in [-0.1, -0.05) is 12.1 Å². The van der Waals surface area contributed by atoms with Crippen LogP contribution in [-0.2, 0) is 9.59 Å². The minimum absolute atomic E-state index is 0.000548. The van der Waals surface area contributed by atoms with Gasteiger partial charge in [0.1, 0.15) is 17.3 Å². The van der Waals surface area contributed by atoms with Gasteiger partial charge in [-0.25, -0.2) is 4.39 Å². The molecule has 0 unspecified atom stereocenters. The molecule has 1 amide bonds. The Morgan fingerprint density at radius 1 is 1.13 bits per heavy atom. The van der Waals surface area contributed by atoms with Gasteiger partial charge in [0.25, 0.3) is 11.7 Å². The molecule has 0 aromatic heterocycles. The molecule has 0 saturated carbocycles.